The second-order valence-corrected chi connectivity index (χ2v) is 24.4. The molecule has 4 aromatic carbocycles. The maximum Gasteiger partial charge on any atom is 1.00 e. The summed E-state index contributed by atoms with van der Waals surface area (Å²) in [5, 5.41) is 0.389. The predicted octanol–water partition coefficient (Wildman–Crippen LogP) is 10.6. The molecule has 4 aromatic rings. The fourth-order valence-electron chi connectivity index (χ4n) is 9.75. The molecule has 448 valence electrons. The van der Waals surface area contributed by atoms with Gasteiger partial charge < -0.3 is 24.8 Å². The maximum absolute atomic E-state index is 5.68. The van der Waals surface area contributed by atoms with E-state index < -0.39 is 0 Å². The third-order valence-corrected chi connectivity index (χ3v) is 15.4. The molecule has 0 bridgehead atoms. The van der Waals surface area contributed by atoms with Crippen LogP contribution in [0.25, 0.3) is 0 Å². The molecule has 2 heterocycles. The summed E-state index contributed by atoms with van der Waals surface area (Å²) in [6.07, 6.45) is 0. The van der Waals surface area contributed by atoms with E-state index in [1.165, 1.54) is 76.7 Å². The van der Waals surface area contributed by atoms with Crippen molar-refractivity contribution in [2.45, 2.75) is 158 Å². The predicted molar refractivity (Wildman–Crippen MR) is 324 cm³/mol. The van der Waals surface area contributed by atoms with Gasteiger partial charge >= 0.3 is 476 Å². The molecule has 0 radical (unpaired) electrons. The van der Waals surface area contributed by atoms with Gasteiger partial charge in [0.1, 0.15) is 0 Å². The molecule has 0 N–H and O–H groups in total. The molecule has 0 aliphatic carbocycles. The Bertz CT molecular complexity index is 2270. The number of methoxy groups -OCH3 is 4. The van der Waals surface area contributed by atoms with Gasteiger partial charge in [0.15, 0.2) is 0 Å². The summed E-state index contributed by atoms with van der Waals surface area (Å²) in [6.45, 7) is 40.1. The van der Waals surface area contributed by atoms with Crippen LogP contribution >= 0.6 is 46.4 Å². The third kappa shape index (κ3) is 19.7. The number of amidine groups is 2. The minimum absolute atomic E-state index is 0. The van der Waals surface area contributed by atoms with Crippen molar-refractivity contribution in [3.63, 3.8) is 0 Å². The molecule has 2 aliphatic heterocycles. The number of anilines is 2. The molecule has 0 saturated carbocycles. The van der Waals surface area contributed by atoms with Crippen LogP contribution in [0.3, 0.4) is 0 Å². The van der Waals surface area contributed by atoms with Gasteiger partial charge in [0.05, 0.1) is 10.7 Å². The first-order valence-corrected chi connectivity index (χ1v) is 30.0. The largest absolute Gasteiger partial charge is 1.00 e. The van der Waals surface area contributed by atoms with Crippen molar-refractivity contribution in [3.8, 4) is 23.0 Å². The van der Waals surface area contributed by atoms with Crippen LogP contribution in [0, 0.1) is 0 Å². The Hall–Kier alpha value is -0.721. The van der Waals surface area contributed by atoms with Gasteiger partial charge in [0.2, 0.25) is 0 Å². The molecule has 18 heteroatoms. The van der Waals surface area contributed by atoms with Gasteiger partial charge in [0, 0.05) is 0 Å². The van der Waals surface area contributed by atoms with Gasteiger partial charge in [-0.1, -0.05) is 0 Å². The first-order chi connectivity index (χ1) is 34.8. The summed E-state index contributed by atoms with van der Waals surface area (Å²) in [4.78, 5) is 4.98. The van der Waals surface area contributed by atoms with Gasteiger partial charge in [-0.3, -0.25) is 0 Å². The van der Waals surface area contributed by atoms with E-state index in [4.69, 9.17) is 65.4 Å². The molecule has 6 rings (SSSR count). The quantitative estimate of drug-likeness (QED) is 0.0633. The van der Waals surface area contributed by atoms with E-state index in [9.17, 15) is 0 Å². The zero-order valence-electron chi connectivity index (χ0n) is 49.6. The Morgan fingerprint density at radius 1 is 0.385 bits per heavy atom. The van der Waals surface area contributed by atoms with E-state index in [1.54, 1.807) is 28.4 Å². The molecule has 0 fully saturated rings. The molecule has 2 aliphatic rings. The fourth-order valence-corrected chi connectivity index (χ4v) is 11.3. The van der Waals surface area contributed by atoms with Crippen LogP contribution in [-0.4, -0.2) is 116 Å². The Morgan fingerprint density at radius 3 is 0.705 bits per heavy atom. The number of ether oxygens (including phenoxy) is 4. The standard InChI is InChI=1S/2C29H42N2O2Se.2CH2Cl2.2Au.2ClH/c2*1-17(2)23-13-21(32-9)14-24(18(3)4)27(23)30-11-12-31(29(30)34)28-25(19(5)6)15-22(33-10)16-26(28)20(7)8;2*2-1-3;;;;/h2*13-20H,11-12H2,1-10H3;2*1H2;;;2*1H/q;;;;2*+1;;/p-2. The molecule has 0 atom stereocenters. The molecule has 0 unspecified atom stereocenters. The molecule has 78 heavy (non-hydrogen) atoms. The number of rotatable bonds is 16. The minimum Gasteiger partial charge on any atom is -1.00 e. The average molecular weight is 1690 g/mol. The second kappa shape index (κ2) is 37.6. The Labute approximate surface area is 552 Å². The first-order valence-electron chi connectivity index (χ1n) is 26.1. The van der Waals surface area contributed by atoms with Crippen LogP contribution < -0.4 is 53.6 Å². The smallest absolute Gasteiger partial charge is 1.00 e. The van der Waals surface area contributed by atoms with Crippen LogP contribution in [0.2, 0.25) is 0 Å². The van der Waals surface area contributed by atoms with E-state index in [2.05, 4.69) is 210 Å². The summed E-state index contributed by atoms with van der Waals surface area (Å²) in [5.41, 5.74) is 16.0. The number of nitrogens with zero attached hydrogens (tertiary/aromatic N) is 4. The first kappa shape index (κ1) is 79.3. The van der Waals surface area contributed by atoms with Crippen LogP contribution in [-0.2, 0) is 44.8 Å². The molecular formula is C60H88Au2Cl6N4O4Se2. The van der Waals surface area contributed by atoms with Crippen LogP contribution in [0.4, 0.5) is 22.7 Å². The van der Waals surface area contributed by atoms with E-state index >= 15 is 0 Å². The zero-order chi connectivity index (χ0) is 56.0. The van der Waals surface area contributed by atoms with Gasteiger partial charge in [0.25, 0.3) is 0 Å². The van der Waals surface area contributed by atoms with Crippen molar-refractivity contribution in [2.24, 2.45) is 0 Å². The second-order valence-electron chi connectivity index (χ2n) is 21.2. The minimum atomic E-state index is 0. The number of hydrogen-bond donors (Lipinski definition) is 0. The molecule has 0 spiro atoms. The monoisotopic (exact) mass is 1690 g/mol. The van der Waals surface area contributed by atoms with Crippen molar-refractivity contribution in [1.29, 1.82) is 0 Å². The number of halogens is 6. The van der Waals surface area contributed by atoms with E-state index in [0.717, 1.165) is 49.2 Å². The number of hydrogen-bond acceptors (Lipinski definition) is 6. The van der Waals surface area contributed by atoms with Gasteiger partial charge in [-0.05, 0) is 0 Å². The molecular weight excluding hydrogens is 1610 g/mol. The number of alkyl halides is 4. The summed E-state index contributed by atoms with van der Waals surface area (Å²) < 4.78 is 30.0. The fraction of sp³-hybridized carbons (Fsp3) is 0.567. The molecule has 0 saturated heterocycles. The Balaban J connectivity index is 0. The summed E-state index contributed by atoms with van der Waals surface area (Å²) in [6, 6.07) is 17.7. The van der Waals surface area contributed by atoms with Crippen LogP contribution in [0.15, 0.2) is 48.5 Å². The van der Waals surface area contributed by atoms with Gasteiger partial charge in [-0.2, -0.15) is 0 Å². The number of benzene rings is 4. The third-order valence-electron chi connectivity index (χ3n) is 13.6. The normalized spacial score (nSPS) is 13.0. The van der Waals surface area contributed by atoms with E-state index in [1.807, 2.05) is 0 Å². The van der Waals surface area contributed by atoms with Crippen molar-refractivity contribution in [2.75, 3.05) is 75.1 Å². The summed E-state index contributed by atoms with van der Waals surface area (Å²) in [7, 11) is 7.04. The van der Waals surface area contributed by atoms with Gasteiger partial charge in [-0.15, -0.1) is 46.4 Å². The SMILES string of the molecule is COc1cc(C(C)C)c(N2CC[N+](c3c(C(C)C)cc(OC)cc3C(C)C)=C2[Se-])c(C(C)C)c1.COc1cc(C(C)C)c(N2CC[N+](c3c(C(C)C)cc(OC)cc3C(C)C)=C2[Se-])c(C(C)C)c1.ClCCl.ClCCl.[Au+].[Au+].[Cl-].[Cl-]. The van der Waals surface area contributed by atoms with Crippen molar-refractivity contribution in [3.05, 3.63) is 93.0 Å². The average Bonchev–Trinajstić information content (AvgIpc) is 3.92. The summed E-state index contributed by atoms with van der Waals surface area (Å²) >= 11 is 26.0. The maximum atomic E-state index is 5.68. The molecule has 0 amide bonds. The van der Waals surface area contributed by atoms with E-state index in [0.29, 0.717) is 47.3 Å². The summed E-state index contributed by atoms with van der Waals surface area (Å²) in [5.74, 6) is 6.89. The van der Waals surface area contributed by atoms with Crippen LogP contribution in [0.5, 0.6) is 23.0 Å². The molecule has 0 aromatic heterocycles. The topological polar surface area (TPSA) is 49.4 Å². The Morgan fingerprint density at radius 2 is 0.551 bits per heavy atom. The van der Waals surface area contributed by atoms with E-state index in [-0.39, 0.29) is 80.3 Å². The molecule has 8 nitrogen and oxygen atoms in total. The van der Waals surface area contributed by atoms with Crippen molar-refractivity contribution >= 4 is 111 Å². The van der Waals surface area contributed by atoms with Gasteiger partial charge in [-0.25, -0.2) is 0 Å². The van der Waals surface area contributed by atoms with Crippen LogP contribution in [0.1, 0.15) is 203 Å². The Kier molecular flexibility index (Phi) is 38.2. The van der Waals surface area contributed by atoms with Crippen molar-refractivity contribution in [1.82, 2.24) is 0 Å². The van der Waals surface area contributed by atoms with Crippen molar-refractivity contribution < 1.29 is 97.7 Å². The zero-order valence-corrected chi connectivity index (χ0v) is 61.9.